The number of benzene rings is 2. The summed E-state index contributed by atoms with van der Waals surface area (Å²) < 4.78 is 11.6. The monoisotopic (exact) mass is 492 g/mol. The van der Waals surface area contributed by atoms with E-state index >= 15 is 0 Å². The largest absolute Gasteiger partial charge is 0.496 e. The Morgan fingerprint density at radius 2 is 1.67 bits per heavy atom. The molecule has 1 atom stereocenters. The molecule has 2 bridgehead atoms. The van der Waals surface area contributed by atoms with Crippen molar-refractivity contribution in [1.29, 1.82) is 0 Å². The van der Waals surface area contributed by atoms with E-state index < -0.39 is 11.9 Å². The third-order valence-corrected chi connectivity index (χ3v) is 6.51. The molecule has 2 aromatic carbocycles. The molecular formula is C27H28N2O7. The van der Waals surface area contributed by atoms with E-state index in [1.165, 1.54) is 12.8 Å². The molecule has 1 amide bonds. The summed E-state index contributed by atoms with van der Waals surface area (Å²) in [4.78, 5) is 34.4. The average Bonchev–Trinajstić information content (AvgIpc) is 3.33. The van der Waals surface area contributed by atoms with Crippen LogP contribution in [0.4, 0.5) is 0 Å². The van der Waals surface area contributed by atoms with Gasteiger partial charge < -0.3 is 29.6 Å². The van der Waals surface area contributed by atoms with Crippen LogP contribution in [-0.2, 0) is 9.59 Å². The summed E-state index contributed by atoms with van der Waals surface area (Å²) in [7, 11) is 1.66. The van der Waals surface area contributed by atoms with Crippen LogP contribution in [0.25, 0.3) is 22.1 Å². The number of carboxylic acids is 2. The number of carbonyl (C=O) groups is 3. The Morgan fingerprint density at radius 1 is 1.00 bits per heavy atom. The Hall–Kier alpha value is -4.11. The molecule has 0 saturated carbocycles. The number of nitrogens with zero attached hydrogens (tertiary/aromatic N) is 1. The van der Waals surface area contributed by atoms with Crippen LogP contribution < -0.4 is 10.1 Å². The fourth-order valence-electron chi connectivity index (χ4n) is 4.76. The first-order chi connectivity index (χ1) is 17.4. The SMILES string of the molecule is COc1ccccc1-c1cccc2cc(C(=O)N[C@H]3CN4CCC3CC4)oc12.O=C(O)C=CC(=O)O. The Kier molecular flexibility index (Phi) is 7.70. The topological polar surface area (TPSA) is 129 Å². The van der Waals surface area contributed by atoms with Crippen molar-refractivity contribution in [1.82, 2.24) is 10.2 Å². The van der Waals surface area contributed by atoms with Gasteiger partial charge >= 0.3 is 11.9 Å². The third kappa shape index (κ3) is 5.75. The number of methoxy groups -OCH3 is 1. The molecule has 3 aromatic rings. The van der Waals surface area contributed by atoms with Crippen molar-refractivity contribution in [2.24, 2.45) is 5.92 Å². The number of para-hydroxylation sites is 2. The van der Waals surface area contributed by atoms with Gasteiger partial charge in [-0.2, -0.15) is 0 Å². The number of ether oxygens (including phenoxy) is 1. The normalized spacial score (nSPS) is 20.5. The summed E-state index contributed by atoms with van der Waals surface area (Å²) in [6.45, 7) is 3.26. The first kappa shape index (κ1) is 25.0. The van der Waals surface area contributed by atoms with Gasteiger partial charge in [-0.1, -0.05) is 36.4 Å². The van der Waals surface area contributed by atoms with Crippen LogP contribution in [-0.4, -0.2) is 65.7 Å². The van der Waals surface area contributed by atoms with Gasteiger partial charge in [-0.3, -0.25) is 4.79 Å². The molecule has 9 heteroatoms. The van der Waals surface area contributed by atoms with Crippen molar-refractivity contribution in [3.63, 3.8) is 0 Å². The summed E-state index contributed by atoms with van der Waals surface area (Å²) >= 11 is 0. The number of fused-ring (bicyclic) bond motifs is 4. The molecule has 188 valence electrons. The second kappa shape index (κ2) is 11.1. The molecule has 36 heavy (non-hydrogen) atoms. The van der Waals surface area contributed by atoms with Crippen molar-refractivity contribution < 1.29 is 33.8 Å². The van der Waals surface area contributed by atoms with Crippen LogP contribution in [0.5, 0.6) is 5.75 Å². The predicted octanol–water partition coefficient (Wildman–Crippen LogP) is 3.64. The molecule has 0 spiro atoms. The average molecular weight is 493 g/mol. The van der Waals surface area contributed by atoms with Gasteiger partial charge in [0.25, 0.3) is 5.91 Å². The summed E-state index contributed by atoms with van der Waals surface area (Å²) in [5.74, 6) is -0.901. The Bertz CT molecular complexity index is 1270. The smallest absolute Gasteiger partial charge is 0.328 e. The Morgan fingerprint density at radius 3 is 2.28 bits per heavy atom. The fraction of sp³-hybridized carbons (Fsp3) is 0.296. The van der Waals surface area contributed by atoms with Crippen LogP contribution in [0.2, 0.25) is 0 Å². The van der Waals surface area contributed by atoms with E-state index in [1.54, 1.807) is 7.11 Å². The van der Waals surface area contributed by atoms with Crippen molar-refractivity contribution in [3.8, 4) is 16.9 Å². The molecule has 0 unspecified atom stereocenters. The molecule has 0 aliphatic carbocycles. The number of rotatable bonds is 6. The zero-order chi connectivity index (χ0) is 25.7. The molecule has 6 rings (SSSR count). The van der Waals surface area contributed by atoms with Crippen molar-refractivity contribution in [2.75, 3.05) is 26.7 Å². The van der Waals surface area contributed by atoms with E-state index in [0.717, 1.165) is 41.9 Å². The lowest BCUT2D eigenvalue weighted by molar-refractivity contribution is -0.134. The minimum Gasteiger partial charge on any atom is -0.496 e. The fourth-order valence-corrected chi connectivity index (χ4v) is 4.76. The van der Waals surface area contributed by atoms with E-state index in [1.807, 2.05) is 48.5 Å². The highest BCUT2D eigenvalue weighted by molar-refractivity contribution is 6.00. The third-order valence-electron chi connectivity index (χ3n) is 6.51. The number of nitrogens with one attached hydrogen (secondary N) is 1. The van der Waals surface area contributed by atoms with Crippen LogP contribution >= 0.6 is 0 Å². The highest BCUT2D eigenvalue weighted by Gasteiger charge is 2.35. The Labute approximate surface area is 208 Å². The molecular weight excluding hydrogens is 464 g/mol. The van der Waals surface area contributed by atoms with Gasteiger partial charge in [0.05, 0.1) is 7.11 Å². The number of aliphatic carboxylic acids is 2. The summed E-state index contributed by atoms with van der Waals surface area (Å²) in [6, 6.07) is 15.9. The maximum absolute atomic E-state index is 12.9. The molecule has 3 aliphatic rings. The zero-order valence-corrected chi connectivity index (χ0v) is 19.8. The van der Waals surface area contributed by atoms with Crippen molar-refractivity contribution in [2.45, 2.75) is 18.9 Å². The van der Waals surface area contributed by atoms with Gasteiger partial charge in [-0.05, 0) is 44.0 Å². The first-order valence-corrected chi connectivity index (χ1v) is 11.7. The first-order valence-electron chi connectivity index (χ1n) is 11.7. The summed E-state index contributed by atoms with van der Waals surface area (Å²) in [5.41, 5.74) is 2.59. The molecule has 0 radical (unpaired) electrons. The van der Waals surface area contributed by atoms with E-state index in [4.69, 9.17) is 19.4 Å². The number of furan rings is 1. The maximum atomic E-state index is 12.9. The van der Waals surface area contributed by atoms with Gasteiger partial charge in [0.15, 0.2) is 5.76 Å². The van der Waals surface area contributed by atoms with E-state index in [2.05, 4.69) is 10.2 Å². The molecule has 3 N–H and O–H groups in total. The highest BCUT2D eigenvalue weighted by Crippen LogP contribution is 2.36. The van der Waals surface area contributed by atoms with Crippen LogP contribution in [0.1, 0.15) is 23.4 Å². The second-order valence-corrected chi connectivity index (χ2v) is 8.76. The zero-order valence-electron chi connectivity index (χ0n) is 19.8. The van der Waals surface area contributed by atoms with Crippen LogP contribution in [0.15, 0.2) is 65.1 Å². The van der Waals surface area contributed by atoms with Gasteiger partial charge in [0.1, 0.15) is 11.3 Å². The lowest BCUT2D eigenvalue weighted by Crippen LogP contribution is -2.57. The van der Waals surface area contributed by atoms with Crippen LogP contribution in [0.3, 0.4) is 0 Å². The standard InChI is InChI=1S/C23H24N2O3.C4H4O4/c1-27-20-8-3-2-6-17(20)18-7-4-5-16-13-21(28-22(16)18)23(26)24-19-14-25-11-9-15(19)10-12-25;5-3(6)1-2-4(7)8/h2-8,13,15,19H,9-12,14H2,1H3,(H,24,26);1-2H,(H,5,6)(H,7,8)/t19-;/m0./s1. The van der Waals surface area contributed by atoms with E-state index in [0.29, 0.717) is 29.4 Å². The van der Waals surface area contributed by atoms with Gasteiger partial charge in [0, 0.05) is 41.3 Å². The number of carboxylic acid groups (broad SMARTS) is 2. The van der Waals surface area contributed by atoms with Gasteiger partial charge in [0.2, 0.25) is 0 Å². The van der Waals surface area contributed by atoms with Crippen molar-refractivity contribution >= 4 is 28.8 Å². The lowest BCUT2D eigenvalue weighted by atomic mass is 9.84. The lowest BCUT2D eigenvalue weighted by Gasteiger charge is -2.44. The molecule has 3 fully saturated rings. The molecule has 3 aliphatic heterocycles. The second-order valence-electron chi connectivity index (χ2n) is 8.76. The quantitative estimate of drug-likeness (QED) is 0.445. The highest BCUT2D eigenvalue weighted by atomic mass is 16.5. The Balaban J connectivity index is 0.000000331. The number of piperidine rings is 3. The summed E-state index contributed by atoms with van der Waals surface area (Å²) in [6.07, 6.45) is 3.46. The minimum absolute atomic E-state index is 0.124. The maximum Gasteiger partial charge on any atom is 0.328 e. The predicted molar refractivity (Wildman–Crippen MR) is 133 cm³/mol. The number of carbonyl (C=O) groups excluding carboxylic acids is 1. The summed E-state index contributed by atoms with van der Waals surface area (Å²) in [5, 5.41) is 19.8. The van der Waals surface area contributed by atoms with Gasteiger partial charge in [-0.25, -0.2) is 9.59 Å². The van der Waals surface area contributed by atoms with Crippen molar-refractivity contribution in [3.05, 3.63) is 66.4 Å². The van der Waals surface area contributed by atoms with Crippen LogP contribution in [0, 0.1) is 5.92 Å². The van der Waals surface area contributed by atoms with E-state index in [9.17, 15) is 14.4 Å². The van der Waals surface area contributed by atoms with E-state index in [-0.39, 0.29) is 11.9 Å². The van der Waals surface area contributed by atoms with Gasteiger partial charge in [-0.15, -0.1) is 0 Å². The molecule has 9 nitrogen and oxygen atoms in total. The number of hydrogen-bond acceptors (Lipinski definition) is 6. The molecule has 1 aromatic heterocycles. The number of amides is 1. The minimum atomic E-state index is -1.26. The molecule has 4 heterocycles. The molecule has 3 saturated heterocycles. The number of hydrogen-bond donors (Lipinski definition) is 3.